The van der Waals surface area contributed by atoms with Crippen molar-refractivity contribution < 1.29 is 14.3 Å². The lowest BCUT2D eigenvalue weighted by Gasteiger charge is -2.22. The number of hydrazine groups is 1. The summed E-state index contributed by atoms with van der Waals surface area (Å²) in [5.74, 6) is 4.22. The maximum Gasteiger partial charge on any atom is 0.408 e. The van der Waals surface area contributed by atoms with Gasteiger partial charge in [0.2, 0.25) is 5.91 Å². The Labute approximate surface area is 105 Å². The van der Waals surface area contributed by atoms with Gasteiger partial charge in [-0.3, -0.25) is 4.79 Å². The summed E-state index contributed by atoms with van der Waals surface area (Å²) < 4.78 is 5.01. The number of carbonyl (C=O) groups excluding carboxylic acids is 2. The number of primary amides is 1. The Hall–Kier alpha value is -2.03. The van der Waals surface area contributed by atoms with Crippen molar-refractivity contribution >= 4 is 17.8 Å². The number of amidine groups is 1. The number of nitrogens with one attached hydrogen (secondary N) is 2. The van der Waals surface area contributed by atoms with Crippen molar-refractivity contribution in [3.63, 3.8) is 0 Å². The Kier molecular flexibility index (Phi) is 5.89. The number of rotatable bonds is 5. The Bertz CT molecular complexity index is 336. The van der Waals surface area contributed by atoms with E-state index in [0.29, 0.717) is 0 Å². The molecule has 18 heavy (non-hydrogen) atoms. The van der Waals surface area contributed by atoms with Crippen molar-refractivity contribution in [1.82, 2.24) is 10.9 Å². The lowest BCUT2D eigenvalue weighted by Crippen LogP contribution is -2.49. The predicted octanol–water partition coefficient (Wildman–Crippen LogP) is -1.51. The van der Waals surface area contributed by atoms with Gasteiger partial charge in [0, 0.05) is 0 Å². The van der Waals surface area contributed by atoms with Crippen LogP contribution >= 0.6 is 0 Å². The quantitative estimate of drug-likeness (QED) is 0.175. The minimum absolute atomic E-state index is 0.0813. The first-order chi connectivity index (χ1) is 8.15. The molecule has 0 aromatic carbocycles. The Morgan fingerprint density at radius 2 is 1.89 bits per heavy atom. The summed E-state index contributed by atoms with van der Waals surface area (Å²) in [4.78, 5) is 22.4. The molecule has 0 aliphatic rings. The standard InChI is InChI=1S/C9H20N6O3/c1-9(2,3)18-8(17)13-5(4-6(10)16)7(11)14-15-12/h5,15H,4,12H2,1-3H3,(H2,10,16)(H2,11,14)(H,13,17). The summed E-state index contributed by atoms with van der Waals surface area (Å²) in [6.07, 6.45) is -0.945. The van der Waals surface area contributed by atoms with Crippen LogP contribution in [-0.2, 0) is 9.53 Å². The number of hydrogen-bond acceptors (Lipinski definition) is 6. The molecule has 0 aliphatic carbocycles. The van der Waals surface area contributed by atoms with E-state index in [9.17, 15) is 9.59 Å². The van der Waals surface area contributed by atoms with E-state index in [1.54, 1.807) is 20.8 Å². The van der Waals surface area contributed by atoms with Gasteiger partial charge in [-0.2, -0.15) is 0 Å². The first-order valence-corrected chi connectivity index (χ1v) is 5.22. The number of carbonyl (C=O) groups is 2. The van der Waals surface area contributed by atoms with Crippen molar-refractivity contribution in [3.8, 4) is 0 Å². The van der Waals surface area contributed by atoms with Crippen LogP contribution in [0.15, 0.2) is 5.10 Å². The van der Waals surface area contributed by atoms with Gasteiger partial charge in [0.15, 0.2) is 0 Å². The van der Waals surface area contributed by atoms with Gasteiger partial charge in [0.25, 0.3) is 0 Å². The highest BCUT2D eigenvalue weighted by molar-refractivity contribution is 5.92. The van der Waals surface area contributed by atoms with Crippen LogP contribution in [0.4, 0.5) is 4.79 Å². The molecule has 0 rings (SSSR count). The zero-order valence-corrected chi connectivity index (χ0v) is 10.7. The van der Waals surface area contributed by atoms with Crippen LogP contribution in [0.1, 0.15) is 27.2 Å². The predicted molar refractivity (Wildman–Crippen MR) is 65.9 cm³/mol. The fourth-order valence-electron chi connectivity index (χ4n) is 1.03. The van der Waals surface area contributed by atoms with Crippen LogP contribution in [0.2, 0.25) is 0 Å². The van der Waals surface area contributed by atoms with Crippen LogP contribution in [0.25, 0.3) is 0 Å². The fourth-order valence-corrected chi connectivity index (χ4v) is 1.03. The van der Waals surface area contributed by atoms with Crippen LogP contribution in [0.3, 0.4) is 0 Å². The van der Waals surface area contributed by atoms with E-state index in [4.69, 9.17) is 22.0 Å². The van der Waals surface area contributed by atoms with Crippen LogP contribution in [0, 0.1) is 0 Å². The SMILES string of the molecule is CC(C)(C)OC(=O)NC(CC(N)=O)/C(N)=N/NN. The normalized spacial score (nSPS) is 13.7. The average Bonchev–Trinajstić information content (AvgIpc) is 2.13. The fraction of sp³-hybridized carbons (Fsp3) is 0.667. The van der Waals surface area contributed by atoms with Gasteiger partial charge < -0.3 is 21.5 Å². The lowest BCUT2D eigenvalue weighted by molar-refractivity contribution is -0.118. The molecule has 0 saturated heterocycles. The van der Waals surface area contributed by atoms with Crippen LogP contribution < -0.4 is 28.2 Å². The average molecular weight is 260 g/mol. The topological polar surface area (TPSA) is 158 Å². The maximum atomic E-state index is 11.5. The molecule has 9 heteroatoms. The summed E-state index contributed by atoms with van der Waals surface area (Å²) in [5, 5.41) is 5.85. The van der Waals surface area contributed by atoms with E-state index >= 15 is 0 Å². The second kappa shape index (κ2) is 6.64. The van der Waals surface area contributed by atoms with Crippen molar-refractivity contribution in [3.05, 3.63) is 0 Å². The molecule has 0 fully saturated rings. The largest absolute Gasteiger partial charge is 0.444 e. The highest BCUT2D eigenvalue weighted by atomic mass is 16.6. The van der Waals surface area contributed by atoms with Crippen molar-refractivity contribution in [1.29, 1.82) is 0 Å². The lowest BCUT2D eigenvalue weighted by atomic mass is 10.2. The number of ether oxygens (including phenoxy) is 1. The van der Waals surface area contributed by atoms with E-state index in [0.717, 1.165) is 0 Å². The van der Waals surface area contributed by atoms with Crippen molar-refractivity contribution in [2.75, 3.05) is 0 Å². The zero-order chi connectivity index (χ0) is 14.3. The van der Waals surface area contributed by atoms with E-state index in [1.807, 2.05) is 5.53 Å². The molecule has 1 atom stereocenters. The highest BCUT2D eigenvalue weighted by Crippen LogP contribution is 2.07. The van der Waals surface area contributed by atoms with E-state index in [2.05, 4.69) is 10.4 Å². The molecule has 0 saturated carbocycles. The first-order valence-electron chi connectivity index (χ1n) is 5.22. The van der Waals surface area contributed by atoms with Crippen molar-refractivity contribution in [2.45, 2.75) is 38.8 Å². The van der Waals surface area contributed by atoms with Gasteiger partial charge in [-0.1, -0.05) is 0 Å². The van der Waals surface area contributed by atoms with Gasteiger partial charge in [-0.05, 0) is 20.8 Å². The second-order valence-corrected chi connectivity index (χ2v) is 4.54. The maximum absolute atomic E-state index is 11.5. The highest BCUT2D eigenvalue weighted by Gasteiger charge is 2.23. The minimum atomic E-state index is -0.881. The van der Waals surface area contributed by atoms with Crippen LogP contribution in [0.5, 0.6) is 0 Å². The Morgan fingerprint density at radius 1 is 1.33 bits per heavy atom. The third kappa shape index (κ3) is 7.28. The Morgan fingerprint density at radius 3 is 2.28 bits per heavy atom. The molecule has 2 amide bonds. The smallest absolute Gasteiger partial charge is 0.408 e. The number of hydrogen-bond donors (Lipinski definition) is 5. The third-order valence-corrected chi connectivity index (χ3v) is 1.65. The number of hydrazone groups is 1. The molecule has 8 N–H and O–H groups in total. The molecule has 0 bridgehead atoms. The van der Waals surface area contributed by atoms with Gasteiger partial charge >= 0.3 is 6.09 Å². The minimum Gasteiger partial charge on any atom is -0.444 e. The summed E-state index contributed by atoms with van der Waals surface area (Å²) in [6.45, 7) is 5.11. The molecule has 0 spiro atoms. The van der Waals surface area contributed by atoms with Gasteiger partial charge in [-0.15, -0.1) is 5.10 Å². The first kappa shape index (κ1) is 16.0. The Balaban J connectivity index is 4.64. The molecule has 0 aliphatic heterocycles. The number of amides is 2. The summed E-state index contributed by atoms with van der Waals surface area (Å²) >= 11 is 0. The van der Waals surface area contributed by atoms with Gasteiger partial charge in [0.1, 0.15) is 17.5 Å². The van der Waals surface area contributed by atoms with E-state index in [1.165, 1.54) is 0 Å². The summed E-state index contributed by atoms with van der Waals surface area (Å²) in [6, 6.07) is -0.881. The number of nitrogens with zero attached hydrogens (tertiary/aromatic N) is 1. The van der Waals surface area contributed by atoms with Gasteiger partial charge in [-0.25, -0.2) is 16.2 Å². The molecule has 0 heterocycles. The van der Waals surface area contributed by atoms with E-state index in [-0.39, 0.29) is 12.3 Å². The molecular formula is C9H20N6O3. The molecule has 9 nitrogen and oxygen atoms in total. The van der Waals surface area contributed by atoms with Crippen molar-refractivity contribution in [2.24, 2.45) is 22.4 Å². The van der Waals surface area contributed by atoms with E-state index < -0.39 is 23.6 Å². The number of alkyl carbamates (subject to hydrolysis) is 1. The zero-order valence-electron chi connectivity index (χ0n) is 10.7. The molecule has 104 valence electrons. The molecular weight excluding hydrogens is 240 g/mol. The number of nitrogens with two attached hydrogens (primary N) is 3. The molecule has 1 unspecified atom stereocenters. The molecule has 0 radical (unpaired) electrons. The second-order valence-electron chi connectivity index (χ2n) is 4.54. The molecule has 0 aromatic heterocycles. The third-order valence-electron chi connectivity index (χ3n) is 1.65. The van der Waals surface area contributed by atoms with Crippen LogP contribution in [-0.4, -0.2) is 29.5 Å². The molecule has 0 aromatic rings. The monoisotopic (exact) mass is 260 g/mol. The summed E-state index contributed by atoms with van der Waals surface area (Å²) in [5.41, 5.74) is 11.8. The summed E-state index contributed by atoms with van der Waals surface area (Å²) in [7, 11) is 0. The van der Waals surface area contributed by atoms with Gasteiger partial charge in [0.05, 0.1) is 6.42 Å².